The number of rotatable bonds is 3. The number of likely N-dealkylation sites (N-methyl/N-ethyl adjacent to an activating group) is 1. The second-order valence-corrected chi connectivity index (χ2v) is 5.59. The zero-order valence-electron chi connectivity index (χ0n) is 10.5. The van der Waals surface area contributed by atoms with Gasteiger partial charge in [0.2, 0.25) is 0 Å². The van der Waals surface area contributed by atoms with Crippen LogP contribution in [0.4, 0.5) is 4.39 Å². The van der Waals surface area contributed by atoms with Crippen LogP contribution in [0.1, 0.15) is 24.9 Å². The smallest absolute Gasteiger partial charge is 0.142 e. The number of nitrogens with one attached hydrogen (secondary N) is 1. The van der Waals surface area contributed by atoms with Crippen molar-refractivity contribution < 1.29 is 4.39 Å². The summed E-state index contributed by atoms with van der Waals surface area (Å²) in [6, 6.07) is 3.45. The average Bonchev–Trinajstić information content (AvgIpc) is 2.85. The minimum absolute atomic E-state index is 0.0640. The van der Waals surface area contributed by atoms with Crippen LogP contribution in [0.25, 0.3) is 0 Å². The molecule has 100 valence electrons. The number of halogens is 3. The van der Waals surface area contributed by atoms with Crippen LogP contribution in [0.5, 0.6) is 0 Å². The van der Waals surface area contributed by atoms with E-state index in [2.05, 4.69) is 10.2 Å². The molecule has 1 aromatic rings. The van der Waals surface area contributed by atoms with Gasteiger partial charge in [-0.15, -0.1) is 0 Å². The Balaban J connectivity index is 2.22. The molecule has 2 unspecified atom stereocenters. The maximum atomic E-state index is 13.5. The molecule has 1 aromatic carbocycles. The van der Waals surface area contributed by atoms with Gasteiger partial charge in [-0.3, -0.25) is 4.90 Å². The van der Waals surface area contributed by atoms with Gasteiger partial charge in [-0.1, -0.05) is 23.2 Å². The van der Waals surface area contributed by atoms with Crippen molar-refractivity contribution in [3.8, 4) is 0 Å². The number of nitrogens with zero attached hydrogens (tertiary/aromatic N) is 1. The molecule has 2 rings (SSSR count). The Hall–Kier alpha value is -0.350. The molecule has 1 N–H and O–H groups in total. The molecule has 0 aliphatic carbocycles. The summed E-state index contributed by atoms with van der Waals surface area (Å²) in [5.41, 5.74) is 0.785. The largest absolute Gasteiger partial charge is 0.315 e. The quantitative estimate of drug-likeness (QED) is 0.858. The Morgan fingerprint density at radius 3 is 2.72 bits per heavy atom. The Morgan fingerprint density at radius 1 is 1.39 bits per heavy atom. The van der Waals surface area contributed by atoms with Gasteiger partial charge < -0.3 is 5.32 Å². The molecular weight excluding hydrogens is 274 g/mol. The molecule has 0 bridgehead atoms. The zero-order chi connectivity index (χ0) is 13.3. The molecule has 0 saturated carbocycles. The van der Waals surface area contributed by atoms with E-state index in [1.807, 2.05) is 14.0 Å². The van der Waals surface area contributed by atoms with Crippen LogP contribution in [-0.4, -0.2) is 31.1 Å². The SMILES string of the molecule is CC(c1cc(F)c(Cl)cc1Cl)N(C)C1CCNC1. The first-order chi connectivity index (χ1) is 8.50. The fourth-order valence-corrected chi connectivity index (χ4v) is 2.92. The summed E-state index contributed by atoms with van der Waals surface area (Å²) in [4.78, 5) is 2.23. The molecule has 2 atom stereocenters. The molecule has 0 spiro atoms. The molecule has 1 aliphatic rings. The van der Waals surface area contributed by atoms with Gasteiger partial charge in [-0.2, -0.15) is 0 Å². The van der Waals surface area contributed by atoms with Gasteiger partial charge in [0.25, 0.3) is 0 Å². The van der Waals surface area contributed by atoms with E-state index in [0.29, 0.717) is 11.1 Å². The molecule has 1 heterocycles. The Kier molecular flexibility index (Phi) is 4.49. The normalized spacial score (nSPS) is 21.6. The summed E-state index contributed by atoms with van der Waals surface area (Å²) in [5, 5.41) is 3.92. The van der Waals surface area contributed by atoms with Gasteiger partial charge in [0.05, 0.1) is 5.02 Å². The highest BCUT2D eigenvalue weighted by molar-refractivity contribution is 6.35. The molecule has 0 amide bonds. The van der Waals surface area contributed by atoms with Crippen LogP contribution in [0.2, 0.25) is 10.0 Å². The Labute approximate surface area is 117 Å². The molecule has 0 radical (unpaired) electrons. The average molecular weight is 291 g/mol. The van der Waals surface area contributed by atoms with Crippen LogP contribution >= 0.6 is 23.2 Å². The van der Waals surface area contributed by atoms with Crippen molar-refractivity contribution in [2.75, 3.05) is 20.1 Å². The second-order valence-electron chi connectivity index (χ2n) is 4.78. The van der Waals surface area contributed by atoms with Crippen molar-refractivity contribution in [2.45, 2.75) is 25.4 Å². The van der Waals surface area contributed by atoms with Crippen molar-refractivity contribution in [3.63, 3.8) is 0 Å². The summed E-state index contributed by atoms with van der Waals surface area (Å²) in [6.45, 7) is 4.03. The van der Waals surface area contributed by atoms with Crippen LogP contribution in [0.15, 0.2) is 12.1 Å². The fraction of sp³-hybridized carbons (Fsp3) is 0.538. The van der Waals surface area contributed by atoms with Crippen LogP contribution < -0.4 is 5.32 Å². The van der Waals surface area contributed by atoms with E-state index in [1.54, 1.807) is 0 Å². The van der Waals surface area contributed by atoms with E-state index in [4.69, 9.17) is 23.2 Å². The summed E-state index contributed by atoms with van der Waals surface area (Å²) in [5.74, 6) is -0.416. The highest BCUT2D eigenvalue weighted by Crippen LogP contribution is 2.32. The Bertz CT molecular complexity index is 433. The molecule has 18 heavy (non-hydrogen) atoms. The highest BCUT2D eigenvalue weighted by Gasteiger charge is 2.25. The first-order valence-electron chi connectivity index (χ1n) is 6.07. The minimum atomic E-state index is -0.416. The Morgan fingerprint density at radius 2 is 2.11 bits per heavy atom. The summed E-state index contributed by atoms with van der Waals surface area (Å²) in [7, 11) is 2.05. The van der Waals surface area contributed by atoms with Gasteiger partial charge in [-0.05, 0) is 44.6 Å². The van der Waals surface area contributed by atoms with E-state index in [-0.39, 0.29) is 11.1 Å². The van der Waals surface area contributed by atoms with Gasteiger partial charge in [0.15, 0.2) is 0 Å². The molecule has 2 nitrogen and oxygen atoms in total. The molecule has 1 saturated heterocycles. The highest BCUT2D eigenvalue weighted by atomic mass is 35.5. The second kappa shape index (κ2) is 5.74. The topological polar surface area (TPSA) is 15.3 Å². The minimum Gasteiger partial charge on any atom is -0.315 e. The number of benzene rings is 1. The fourth-order valence-electron chi connectivity index (χ4n) is 2.38. The van der Waals surface area contributed by atoms with Crippen LogP contribution in [0, 0.1) is 5.82 Å². The molecule has 0 aromatic heterocycles. The predicted molar refractivity (Wildman–Crippen MR) is 73.9 cm³/mol. The van der Waals surface area contributed by atoms with Gasteiger partial charge in [0.1, 0.15) is 5.82 Å². The lowest BCUT2D eigenvalue weighted by Gasteiger charge is -2.31. The van der Waals surface area contributed by atoms with Crippen molar-refractivity contribution in [1.82, 2.24) is 10.2 Å². The van der Waals surface area contributed by atoms with E-state index in [0.717, 1.165) is 25.1 Å². The lowest BCUT2D eigenvalue weighted by Crippen LogP contribution is -2.35. The van der Waals surface area contributed by atoms with E-state index in [9.17, 15) is 4.39 Å². The summed E-state index contributed by atoms with van der Waals surface area (Å²) in [6.07, 6.45) is 1.11. The van der Waals surface area contributed by atoms with E-state index < -0.39 is 5.82 Å². The standard InChI is InChI=1S/C13H17Cl2FN2/c1-8(18(2)9-3-4-17-7-9)10-5-13(16)12(15)6-11(10)14/h5-6,8-9,17H,3-4,7H2,1-2H3. The van der Waals surface area contributed by atoms with E-state index >= 15 is 0 Å². The molecule has 1 fully saturated rings. The first-order valence-corrected chi connectivity index (χ1v) is 6.83. The van der Waals surface area contributed by atoms with Gasteiger partial charge in [0, 0.05) is 23.7 Å². The third-order valence-corrected chi connectivity index (χ3v) is 4.33. The monoisotopic (exact) mass is 290 g/mol. The maximum absolute atomic E-state index is 13.5. The first kappa shape index (κ1) is 14.1. The molecule has 5 heteroatoms. The third kappa shape index (κ3) is 2.80. The number of hydrogen-bond donors (Lipinski definition) is 1. The lowest BCUT2D eigenvalue weighted by molar-refractivity contribution is 0.196. The molecular formula is C13H17Cl2FN2. The van der Waals surface area contributed by atoms with Crippen molar-refractivity contribution >= 4 is 23.2 Å². The molecule has 1 aliphatic heterocycles. The zero-order valence-corrected chi connectivity index (χ0v) is 12.0. The predicted octanol–water partition coefficient (Wildman–Crippen LogP) is 3.49. The van der Waals surface area contributed by atoms with Crippen LogP contribution in [-0.2, 0) is 0 Å². The van der Waals surface area contributed by atoms with Gasteiger partial charge >= 0.3 is 0 Å². The summed E-state index contributed by atoms with van der Waals surface area (Å²) >= 11 is 11.9. The van der Waals surface area contributed by atoms with Crippen molar-refractivity contribution in [2.24, 2.45) is 0 Å². The summed E-state index contributed by atoms with van der Waals surface area (Å²) < 4.78 is 13.5. The van der Waals surface area contributed by atoms with Crippen molar-refractivity contribution in [1.29, 1.82) is 0 Å². The van der Waals surface area contributed by atoms with Crippen LogP contribution in [0.3, 0.4) is 0 Å². The number of hydrogen-bond acceptors (Lipinski definition) is 2. The van der Waals surface area contributed by atoms with Gasteiger partial charge in [-0.25, -0.2) is 4.39 Å². The maximum Gasteiger partial charge on any atom is 0.142 e. The van der Waals surface area contributed by atoms with E-state index in [1.165, 1.54) is 12.1 Å². The van der Waals surface area contributed by atoms with Crippen molar-refractivity contribution in [3.05, 3.63) is 33.6 Å². The third-order valence-electron chi connectivity index (χ3n) is 3.71. The lowest BCUT2D eigenvalue weighted by atomic mass is 10.0.